The highest BCUT2D eigenvalue weighted by molar-refractivity contribution is 5.97. The maximum Gasteiger partial charge on any atom is 0.339 e. The topological polar surface area (TPSA) is 112 Å². The monoisotopic (exact) mass is 453 g/mol. The number of carbonyl (C=O) groups is 1. The standard InChI is InChI=1S/C25H23N7O2/c1-15-8-4-7-11-20(15)32-23(27-19-10-6-5-9-18(19)24(33)34-3)22(16(2)29-32)17-12-13-21-28-25(26)30-31(21)14-17/h4-14,27H,1-3H3,(H2,26,30). The summed E-state index contributed by atoms with van der Waals surface area (Å²) in [4.78, 5) is 16.6. The van der Waals surface area contributed by atoms with Crippen LogP contribution >= 0.6 is 0 Å². The van der Waals surface area contributed by atoms with E-state index in [4.69, 9.17) is 15.6 Å². The highest BCUT2D eigenvalue weighted by Crippen LogP contribution is 2.36. The summed E-state index contributed by atoms with van der Waals surface area (Å²) in [6.07, 6.45) is 1.86. The lowest BCUT2D eigenvalue weighted by Crippen LogP contribution is -2.09. The fourth-order valence-corrected chi connectivity index (χ4v) is 4.02. The number of aryl methyl sites for hydroxylation is 2. The van der Waals surface area contributed by atoms with E-state index in [0.29, 0.717) is 22.7 Å². The Labute approximate surface area is 195 Å². The van der Waals surface area contributed by atoms with E-state index in [9.17, 15) is 4.79 Å². The Hall–Kier alpha value is -4.66. The molecular weight excluding hydrogens is 430 g/mol. The average Bonchev–Trinajstić information content (AvgIpc) is 3.37. The molecular formula is C25H23N7O2. The number of nitrogens with two attached hydrogens (primary N) is 1. The molecule has 3 heterocycles. The summed E-state index contributed by atoms with van der Waals surface area (Å²) in [6, 6.07) is 19.0. The average molecular weight is 454 g/mol. The van der Waals surface area contributed by atoms with Crippen molar-refractivity contribution in [2.75, 3.05) is 18.2 Å². The van der Waals surface area contributed by atoms with Gasteiger partial charge < -0.3 is 15.8 Å². The number of hydrogen-bond acceptors (Lipinski definition) is 7. The van der Waals surface area contributed by atoms with Gasteiger partial charge in [0, 0.05) is 17.3 Å². The number of nitrogens with zero attached hydrogens (tertiary/aromatic N) is 5. The fraction of sp³-hybridized carbons (Fsp3) is 0.120. The third-order valence-electron chi connectivity index (χ3n) is 5.63. The van der Waals surface area contributed by atoms with Gasteiger partial charge in [0.05, 0.1) is 29.7 Å². The molecule has 9 nitrogen and oxygen atoms in total. The molecule has 0 saturated carbocycles. The van der Waals surface area contributed by atoms with Crippen LogP contribution in [0, 0.1) is 13.8 Å². The number of anilines is 3. The van der Waals surface area contributed by atoms with Gasteiger partial charge in [0.1, 0.15) is 5.82 Å². The second-order valence-electron chi connectivity index (χ2n) is 7.86. The Bertz CT molecular complexity index is 1530. The highest BCUT2D eigenvalue weighted by Gasteiger charge is 2.22. The van der Waals surface area contributed by atoms with Crippen LogP contribution in [0.25, 0.3) is 22.5 Å². The second-order valence-corrected chi connectivity index (χ2v) is 7.86. The molecule has 0 fully saturated rings. The van der Waals surface area contributed by atoms with Crippen LogP contribution in [0.1, 0.15) is 21.6 Å². The van der Waals surface area contributed by atoms with E-state index in [0.717, 1.165) is 28.1 Å². The van der Waals surface area contributed by atoms with Crippen molar-refractivity contribution in [3.05, 3.63) is 83.7 Å². The Balaban J connectivity index is 1.74. The highest BCUT2D eigenvalue weighted by atomic mass is 16.5. The van der Waals surface area contributed by atoms with Crippen LogP contribution in [-0.4, -0.2) is 37.5 Å². The summed E-state index contributed by atoms with van der Waals surface area (Å²) >= 11 is 0. The van der Waals surface area contributed by atoms with E-state index in [1.54, 1.807) is 16.6 Å². The van der Waals surface area contributed by atoms with Crippen LogP contribution in [0.2, 0.25) is 0 Å². The van der Waals surface area contributed by atoms with Gasteiger partial charge >= 0.3 is 5.97 Å². The Kier molecular flexibility index (Phi) is 5.21. The third kappa shape index (κ3) is 3.62. The zero-order valence-corrected chi connectivity index (χ0v) is 19.0. The number of nitrogen functional groups attached to an aromatic ring is 1. The van der Waals surface area contributed by atoms with Crippen LogP contribution in [0.5, 0.6) is 0 Å². The molecule has 34 heavy (non-hydrogen) atoms. The number of esters is 1. The minimum atomic E-state index is -0.428. The lowest BCUT2D eigenvalue weighted by Gasteiger charge is -2.16. The van der Waals surface area contributed by atoms with Gasteiger partial charge in [-0.15, -0.1) is 5.10 Å². The summed E-state index contributed by atoms with van der Waals surface area (Å²) in [5.74, 6) is 0.480. The predicted molar refractivity (Wildman–Crippen MR) is 130 cm³/mol. The van der Waals surface area contributed by atoms with E-state index in [1.807, 2.05) is 73.3 Å². The molecule has 5 aromatic rings. The molecule has 0 aliphatic carbocycles. The van der Waals surface area contributed by atoms with Crippen molar-refractivity contribution in [2.45, 2.75) is 13.8 Å². The van der Waals surface area contributed by atoms with Crippen molar-refractivity contribution in [3.63, 3.8) is 0 Å². The van der Waals surface area contributed by atoms with E-state index in [2.05, 4.69) is 15.4 Å². The zero-order valence-electron chi connectivity index (χ0n) is 19.0. The zero-order chi connectivity index (χ0) is 23.8. The number of pyridine rings is 1. The van der Waals surface area contributed by atoms with Crippen molar-refractivity contribution < 1.29 is 9.53 Å². The number of benzene rings is 2. The fourth-order valence-electron chi connectivity index (χ4n) is 4.02. The Morgan fingerprint density at radius 1 is 1.00 bits per heavy atom. The van der Waals surface area contributed by atoms with Crippen molar-refractivity contribution in [1.82, 2.24) is 24.4 Å². The van der Waals surface area contributed by atoms with Crippen LogP contribution in [0.4, 0.5) is 17.5 Å². The minimum Gasteiger partial charge on any atom is -0.465 e. The number of rotatable bonds is 5. The molecule has 0 saturated heterocycles. The smallest absolute Gasteiger partial charge is 0.339 e. The quantitative estimate of drug-likeness (QED) is 0.381. The molecule has 0 atom stereocenters. The van der Waals surface area contributed by atoms with Gasteiger partial charge in [0.15, 0.2) is 5.65 Å². The van der Waals surface area contributed by atoms with Gasteiger partial charge in [0.25, 0.3) is 0 Å². The molecule has 0 radical (unpaired) electrons. The summed E-state index contributed by atoms with van der Waals surface area (Å²) < 4.78 is 8.48. The van der Waals surface area contributed by atoms with Crippen molar-refractivity contribution in [2.24, 2.45) is 0 Å². The molecule has 0 spiro atoms. The first kappa shape index (κ1) is 21.2. The number of aromatic nitrogens is 5. The van der Waals surface area contributed by atoms with Gasteiger partial charge in [-0.3, -0.25) is 0 Å². The number of nitrogens with one attached hydrogen (secondary N) is 1. The molecule has 9 heteroatoms. The first-order valence-corrected chi connectivity index (χ1v) is 10.7. The number of ether oxygens (including phenoxy) is 1. The number of hydrogen-bond donors (Lipinski definition) is 2. The number of carbonyl (C=O) groups excluding carboxylic acids is 1. The molecule has 3 aromatic heterocycles. The predicted octanol–water partition coefficient (Wildman–Crippen LogP) is 4.31. The van der Waals surface area contributed by atoms with E-state index >= 15 is 0 Å². The summed E-state index contributed by atoms with van der Waals surface area (Å²) in [6.45, 7) is 3.98. The number of methoxy groups -OCH3 is 1. The number of fused-ring (bicyclic) bond motifs is 1. The maximum atomic E-state index is 12.4. The Morgan fingerprint density at radius 2 is 1.76 bits per heavy atom. The SMILES string of the molecule is COC(=O)c1ccccc1Nc1c(-c2ccc3nc(N)nn3c2)c(C)nn1-c1ccccc1C. The third-order valence-corrected chi connectivity index (χ3v) is 5.63. The molecule has 0 aliphatic rings. The van der Waals surface area contributed by atoms with Crippen molar-refractivity contribution in [3.8, 4) is 16.8 Å². The molecule has 0 unspecified atom stereocenters. The van der Waals surface area contributed by atoms with Crippen LogP contribution in [0.3, 0.4) is 0 Å². The lowest BCUT2D eigenvalue weighted by atomic mass is 10.1. The van der Waals surface area contributed by atoms with Crippen LogP contribution in [-0.2, 0) is 4.74 Å². The largest absolute Gasteiger partial charge is 0.465 e. The Morgan fingerprint density at radius 3 is 2.56 bits per heavy atom. The molecule has 3 N–H and O–H groups in total. The van der Waals surface area contributed by atoms with Crippen LogP contribution < -0.4 is 11.1 Å². The normalized spacial score (nSPS) is 11.0. The van der Waals surface area contributed by atoms with Crippen molar-refractivity contribution in [1.29, 1.82) is 0 Å². The summed E-state index contributed by atoms with van der Waals surface area (Å²) in [7, 11) is 1.37. The van der Waals surface area contributed by atoms with Gasteiger partial charge in [-0.25, -0.2) is 14.0 Å². The molecule has 0 amide bonds. The summed E-state index contributed by atoms with van der Waals surface area (Å²) in [5, 5.41) is 12.6. The van der Waals surface area contributed by atoms with Crippen LogP contribution in [0.15, 0.2) is 66.9 Å². The van der Waals surface area contributed by atoms with Gasteiger partial charge in [-0.05, 0) is 49.7 Å². The first-order valence-electron chi connectivity index (χ1n) is 10.7. The minimum absolute atomic E-state index is 0.204. The van der Waals surface area contributed by atoms with Gasteiger partial charge in [-0.2, -0.15) is 10.1 Å². The first-order chi connectivity index (χ1) is 16.5. The molecule has 5 rings (SSSR count). The van der Waals surface area contributed by atoms with Gasteiger partial charge in [0.2, 0.25) is 5.95 Å². The van der Waals surface area contributed by atoms with E-state index in [-0.39, 0.29) is 5.95 Å². The summed E-state index contributed by atoms with van der Waals surface area (Å²) in [5.41, 5.74) is 12.0. The number of para-hydroxylation sites is 2. The lowest BCUT2D eigenvalue weighted by molar-refractivity contribution is 0.0602. The van der Waals surface area contributed by atoms with Crippen molar-refractivity contribution >= 4 is 29.1 Å². The van der Waals surface area contributed by atoms with E-state index in [1.165, 1.54) is 7.11 Å². The molecule has 170 valence electrons. The molecule has 0 aliphatic heterocycles. The van der Waals surface area contributed by atoms with Gasteiger partial charge in [-0.1, -0.05) is 30.3 Å². The van der Waals surface area contributed by atoms with E-state index < -0.39 is 5.97 Å². The second kappa shape index (κ2) is 8.36. The maximum absolute atomic E-state index is 12.4. The molecule has 0 bridgehead atoms. The molecule has 2 aromatic carbocycles.